The first-order valence-electron chi connectivity index (χ1n) is 6.95. The molecule has 0 amide bonds. The van der Waals surface area contributed by atoms with Gasteiger partial charge in [0.15, 0.2) is 5.82 Å². The maximum atomic E-state index is 12.5. The number of rotatable bonds is 4. The third kappa shape index (κ3) is 3.16. The van der Waals surface area contributed by atoms with Crippen molar-refractivity contribution in [1.82, 2.24) is 9.55 Å². The highest BCUT2D eigenvalue weighted by atomic mass is 16.1. The minimum absolute atomic E-state index is 0.143. The number of hydrogen-bond donors (Lipinski definition) is 3. The quantitative estimate of drug-likeness (QED) is 0.746. The van der Waals surface area contributed by atoms with E-state index in [-0.39, 0.29) is 11.6 Å². The highest BCUT2D eigenvalue weighted by Gasteiger charge is 2.12. The van der Waals surface area contributed by atoms with E-state index >= 15 is 0 Å². The van der Waals surface area contributed by atoms with Gasteiger partial charge in [0, 0.05) is 29.5 Å². The highest BCUT2D eigenvalue weighted by molar-refractivity contribution is 5.70. The van der Waals surface area contributed by atoms with Crippen molar-refractivity contribution in [3.05, 3.63) is 34.7 Å². The van der Waals surface area contributed by atoms with Crippen LogP contribution in [0.3, 0.4) is 0 Å². The number of hydrogen-bond acceptors (Lipinski definition) is 5. The van der Waals surface area contributed by atoms with Gasteiger partial charge in [0.1, 0.15) is 0 Å². The molecule has 6 nitrogen and oxygen atoms in total. The summed E-state index contributed by atoms with van der Waals surface area (Å²) in [6.45, 7) is 6.38. The van der Waals surface area contributed by atoms with E-state index in [1.165, 1.54) is 0 Å². The SMILES string of the molecule is CCn1c(-c2cc(N)cc(N)c2)cnc(NC(C)C)c1=O. The molecule has 0 aliphatic carbocycles. The molecule has 2 aromatic rings. The summed E-state index contributed by atoms with van der Waals surface area (Å²) < 4.78 is 1.66. The van der Waals surface area contributed by atoms with Crippen LogP contribution in [0, 0.1) is 0 Å². The van der Waals surface area contributed by atoms with Gasteiger partial charge in [-0.3, -0.25) is 4.79 Å². The number of nitrogen functional groups attached to an aromatic ring is 2. The summed E-state index contributed by atoms with van der Waals surface area (Å²) in [5.74, 6) is 0.354. The van der Waals surface area contributed by atoms with Crippen molar-refractivity contribution in [2.45, 2.75) is 33.4 Å². The summed E-state index contributed by atoms with van der Waals surface area (Å²) in [6.07, 6.45) is 1.67. The molecule has 1 heterocycles. The molecule has 0 atom stereocenters. The van der Waals surface area contributed by atoms with Gasteiger partial charge in [0.05, 0.1) is 11.9 Å². The van der Waals surface area contributed by atoms with Crippen molar-refractivity contribution >= 4 is 17.2 Å². The second-order valence-corrected chi connectivity index (χ2v) is 5.23. The largest absolute Gasteiger partial charge is 0.399 e. The average molecular weight is 287 g/mol. The van der Waals surface area contributed by atoms with Gasteiger partial charge < -0.3 is 21.4 Å². The zero-order valence-corrected chi connectivity index (χ0v) is 12.6. The fourth-order valence-corrected chi connectivity index (χ4v) is 2.23. The second kappa shape index (κ2) is 5.87. The summed E-state index contributed by atoms with van der Waals surface area (Å²) in [5.41, 5.74) is 14.1. The van der Waals surface area contributed by atoms with Gasteiger partial charge >= 0.3 is 0 Å². The molecule has 0 radical (unpaired) electrons. The Kier molecular flexibility index (Phi) is 4.16. The van der Waals surface area contributed by atoms with Crippen LogP contribution in [0.2, 0.25) is 0 Å². The van der Waals surface area contributed by atoms with Crippen LogP contribution in [0.1, 0.15) is 20.8 Å². The van der Waals surface area contributed by atoms with E-state index in [9.17, 15) is 4.79 Å². The molecule has 0 spiro atoms. The molecule has 2 rings (SSSR count). The van der Waals surface area contributed by atoms with Crippen LogP contribution in [-0.4, -0.2) is 15.6 Å². The molecule has 0 saturated heterocycles. The minimum atomic E-state index is -0.148. The Labute approximate surface area is 123 Å². The molecular weight excluding hydrogens is 266 g/mol. The first kappa shape index (κ1) is 14.9. The third-order valence-corrected chi connectivity index (χ3v) is 3.07. The molecule has 21 heavy (non-hydrogen) atoms. The number of nitrogens with two attached hydrogens (primary N) is 2. The normalized spacial score (nSPS) is 10.9. The highest BCUT2D eigenvalue weighted by Crippen LogP contribution is 2.24. The van der Waals surface area contributed by atoms with E-state index in [4.69, 9.17) is 11.5 Å². The van der Waals surface area contributed by atoms with Crippen LogP contribution in [0.5, 0.6) is 0 Å². The molecule has 6 heteroatoms. The predicted molar refractivity (Wildman–Crippen MR) is 87.2 cm³/mol. The number of nitrogens with one attached hydrogen (secondary N) is 1. The van der Waals surface area contributed by atoms with Crippen molar-refractivity contribution in [2.75, 3.05) is 16.8 Å². The van der Waals surface area contributed by atoms with E-state index in [2.05, 4.69) is 10.3 Å². The van der Waals surface area contributed by atoms with E-state index < -0.39 is 0 Å². The zero-order chi connectivity index (χ0) is 15.6. The Morgan fingerprint density at radius 3 is 2.38 bits per heavy atom. The first-order chi connectivity index (χ1) is 9.92. The molecule has 0 bridgehead atoms. The standard InChI is InChI=1S/C15H21N5O/c1-4-20-13(10-5-11(16)7-12(17)6-10)8-18-14(15(20)21)19-9(2)3/h5-9H,4,16-17H2,1-3H3,(H,18,19). The minimum Gasteiger partial charge on any atom is -0.399 e. The van der Waals surface area contributed by atoms with Crippen LogP contribution in [-0.2, 0) is 6.54 Å². The fourth-order valence-electron chi connectivity index (χ4n) is 2.23. The Morgan fingerprint density at radius 2 is 1.86 bits per heavy atom. The third-order valence-electron chi connectivity index (χ3n) is 3.07. The van der Waals surface area contributed by atoms with Crippen LogP contribution in [0.25, 0.3) is 11.3 Å². The Bertz CT molecular complexity index is 685. The van der Waals surface area contributed by atoms with E-state index in [1.807, 2.05) is 20.8 Å². The Balaban J connectivity index is 2.59. The zero-order valence-electron chi connectivity index (χ0n) is 12.6. The number of nitrogens with zero attached hydrogens (tertiary/aromatic N) is 2. The summed E-state index contributed by atoms with van der Waals surface area (Å²) in [7, 11) is 0. The lowest BCUT2D eigenvalue weighted by atomic mass is 10.1. The van der Waals surface area contributed by atoms with Gasteiger partial charge in [-0.05, 0) is 39.0 Å². The first-order valence-corrected chi connectivity index (χ1v) is 6.95. The van der Waals surface area contributed by atoms with Crippen molar-refractivity contribution in [1.29, 1.82) is 0 Å². The predicted octanol–water partition coefficient (Wildman–Crippen LogP) is 1.91. The van der Waals surface area contributed by atoms with E-state index in [0.29, 0.717) is 29.4 Å². The van der Waals surface area contributed by atoms with Gasteiger partial charge in [-0.15, -0.1) is 0 Å². The molecule has 1 aromatic heterocycles. The van der Waals surface area contributed by atoms with Gasteiger partial charge in [0.2, 0.25) is 0 Å². The lowest BCUT2D eigenvalue weighted by Crippen LogP contribution is -2.27. The molecule has 112 valence electrons. The van der Waals surface area contributed by atoms with Crippen LogP contribution in [0.15, 0.2) is 29.2 Å². The monoisotopic (exact) mass is 287 g/mol. The second-order valence-electron chi connectivity index (χ2n) is 5.23. The molecule has 0 aliphatic rings. The molecular formula is C15H21N5O. The maximum absolute atomic E-state index is 12.5. The smallest absolute Gasteiger partial charge is 0.293 e. The number of aromatic nitrogens is 2. The van der Waals surface area contributed by atoms with Crippen LogP contribution in [0.4, 0.5) is 17.2 Å². The topological polar surface area (TPSA) is 99.0 Å². The van der Waals surface area contributed by atoms with Crippen LogP contribution >= 0.6 is 0 Å². The van der Waals surface area contributed by atoms with E-state index in [0.717, 1.165) is 5.56 Å². The van der Waals surface area contributed by atoms with E-state index in [1.54, 1.807) is 29.0 Å². The molecule has 0 fully saturated rings. The molecule has 5 N–H and O–H groups in total. The van der Waals surface area contributed by atoms with Gasteiger partial charge in [-0.25, -0.2) is 4.98 Å². The maximum Gasteiger partial charge on any atom is 0.293 e. The lowest BCUT2D eigenvalue weighted by Gasteiger charge is -2.15. The van der Waals surface area contributed by atoms with Gasteiger partial charge in [0.25, 0.3) is 5.56 Å². The Morgan fingerprint density at radius 1 is 1.24 bits per heavy atom. The van der Waals surface area contributed by atoms with Gasteiger partial charge in [-0.2, -0.15) is 0 Å². The molecule has 0 saturated carbocycles. The molecule has 0 unspecified atom stereocenters. The summed E-state index contributed by atoms with van der Waals surface area (Å²) in [4.78, 5) is 16.7. The summed E-state index contributed by atoms with van der Waals surface area (Å²) >= 11 is 0. The molecule has 0 aliphatic heterocycles. The summed E-state index contributed by atoms with van der Waals surface area (Å²) in [5, 5.41) is 3.06. The van der Waals surface area contributed by atoms with Crippen molar-refractivity contribution in [3.63, 3.8) is 0 Å². The van der Waals surface area contributed by atoms with Crippen molar-refractivity contribution in [3.8, 4) is 11.3 Å². The molecule has 1 aromatic carbocycles. The number of anilines is 3. The van der Waals surface area contributed by atoms with Crippen molar-refractivity contribution < 1.29 is 0 Å². The van der Waals surface area contributed by atoms with Gasteiger partial charge in [-0.1, -0.05) is 0 Å². The van der Waals surface area contributed by atoms with Crippen molar-refractivity contribution in [2.24, 2.45) is 0 Å². The average Bonchev–Trinajstić information content (AvgIpc) is 2.39. The van der Waals surface area contributed by atoms with Crippen LogP contribution < -0.4 is 22.3 Å². The fraction of sp³-hybridized carbons (Fsp3) is 0.333. The summed E-state index contributed by atoms with van der Waals surface area (Å²) in [6, 6.07) is 5.40. The Hall–Kier alpha value is -2.50. The number of benzene rings is 1. The lowest BCUT2D eigenvalue weighted by molar-refractivity contribution is 0.723.